The summed E-state index contributed by atoms with van der Waals surface area (Å²) in [6, 6.07) is 3.54. The van der Waals surface area contributed by atoms with Gasteiger partial charge in [-0.2, -0.15) is 0 Å². The lowest BCUT2D eigenvalue weighted by Crippen LogP contribution is -2.48. The van der Waals surface area contributed by atoms with E-state index < -0.39 is 5.54 Å². The Kier molecular flexibility index (Phi) is 1.84. The van der Waals surface area contributed by atoms with Crippen LogP contribution in [0.15, 0.2) is 22.8 Å². The number of carbonyl (C=O) groups excluding carboxylic acids is 1. The van der Waals surface area contributed by atoms with Gasteiger partial charge in [-0.3, -0.25) is 10.1 Å². The van der Waals surface area contributed by atoms with E-state index in [-0.39, 0.29) is 5.91 Å². The molecule has 0 aromatic carbocycles. The molecule has 13 heavy (non-hydrogen) atoms. The SMILES string of the molecule is NC(=O)C1(c2ccco2)CCCN1. The number of furan rings is 1. The van der Waals surface area contributed by atoms with E-state index in [1.165, 1.54) is 0 Å². The first-order valence-electron chi connectivity index (χ1n) is 4.35. The first-order chi connectivity index (χ1) is 6.26. The third kappa shape index (κ3) is 1.14. The van der Waals surface area contributed by atoms with Crippen molar-refractivity contribution >= 4 is 5.91 Å². The Bertz CT molecular complexity index is 299. The number of nitrogens with one attached hydrogen (secondary N) is 1. The standard InChI is InChI=1S/C9H12N2O2/c10-8(12)9(4-2-5-11-9)7-3-1-6-13-7/h1,3,6,11H,2,4-5H2,(H2,10,12). The quantitative estimate of drug-likeness (QED) is 0.689. The average molecular weight is 180 g/mol. The molecule has 0 saturated carbocycles. The van der Waals surface area contributed by atoms with Crippen molar-refractivity contribution in [2.24, 2.45) is 5.73 Å². The molecular formula is C9H12N2O2. The molecule has 0 spiro atoms. The molecular weight excluding hydrogens is 168 g/mol. The predicted octanol–water partition coefficient (Wildman–Crippen LogP) is 0.344. The first kappa shape index (κ1) is 8.31. The number of carbonyl (C=O) groups is 1. The smallest absolute Gasteiger partial charge is 0.245 e. The van der Waals surface area contributed by atoms with Crippen LogP contribution in [-0.4, -0.2) is 12.5 Å². The van der Waals surface area contributed by atoms with E-state index in [0.717, 1.165) is 19.4 Å². The van der Waals surface area contributed by atoms with Crippen molar-refractivity contribution in [3.8, 4) is 0 Å². The van der Waals surface area contributed by atoms with Crippen LogP contribution in [0, 0.1) is 0 Å². The fraction of sp³-hybridized carbons (Fsp3) is 0.444. The van der Waals surface area contributed by atoms with Crippen molar-refractivity contribution < 1.29 is 9.21 Å². The highest BCUT2D eigenvalue weighted by molar-refractivity contribution is 5.85. The Balaban J connectivity index is 2.39. The molecule has 0 aliphatic carbocycles. The summed E-state index contributed by atoms with van der Waals surface area (Å²) in [4.78, 5) is 11.3. The van der Waals surface area contributed by atoms with Crippen LogP contribution in [0.5, 0.6) is 0 Å². The van der Waals surface area contributed by atoms with Crippen LogP contribution >= 0.6 is 0 Å². The minimum atomic E-state index is -0.760. The second kappa shape index (κ2) is 2.88. The molecule has 2 rings (SSSR count). The summed E-state index contributed by atoms with van der Waals surface area (Å²) in [7, 11) is 0. The summed E-state index contributed by atoms with van der Waals surface area (Å²) >= 11 is 0. The van der Waals surface area contributed by atoms with Crippen LogP contribution in [0.25, 0.3) is 0 Å². The van der Waals surface area contributed by atoms with Crippen LogP contribution in [0.1, 0.15) is 18.6 Å². The molecule has 4 heteroatoms. The number of hydrogen-bond acceptors (Lipinski definition) is 3. The van der Waals surface area contributed by atoms with Gasteiger partial charge in [0.2, 0.25) is 5.91 Å². The fourth-order valence-corrected chi connectivity index (χ4v) is 1.81. The number of rotatable bonds is 2. The lowest BCUT2D eigenvalue weighted by molar-refractivity contribution is -0.124. The summed E-state index contributed by atoms with van der Waals surface area (Å²) in [5.41, 5.74) is 4.60. The summed E-state index contributed by atoms with van der Waals surface area (Å²) in [6.45, 7) is 0.809. The zero-order valence-corrected chi connectivity index (χ0v) is 7.25. The second-order valence-corrected chi connectivity index (χ2v) is 3.28. The van der Waals surface area contributed by atoms with Crippen molar-refractivity contribution in [2.75, 3.05) is 6.54 Å². The summed E-state index contributed by atoms with van der Waals surface area (Å²) < 4.78 is 5.22. The van der Waals surface area contributed by atoms with E-state index >= 15 is 0 Å². The Labute approximate surface area is 76.1 Å². The fourth-order valence-electron chi connectivity index (χ4n) is 1.81. The molecule has 3 N–H and O–H groups in total. The van der Waals surface area contributed by atoms with Gasteiger partial charge in [-0.25, -0.2) is 0 Å². The van der Waals surface area contributed by atoms with E-state index in [1.54, 1.807) is 18.4 Å². The molecule has 1 fully saturated rings. The first-order valence-corrected chi connectivity index (χ1v) is 4.35. The normalized spacial score (nSPS) is 27.7. The Morgan fingerprint density at radius 1 is 1.69 bits per heavy atom. The van der Waals surface area contributed by atoms with E-state index in [1.807, 2.05) is 0 Å². The van der Waals surface area contributed by atoms with Crippen molar-refractivity contribution in [1.29, 1.82) is 0 Å². The van der Waals surface area contributed by atoms with Gasteiger partial charge in [0, 0.05) is 0 Å². The molecule has 1 aromatic heterocycles. The predicted molar refractivity (Wildman–Crippen MR) is 46.8 cm³/mol. The minimum absolute atomic E-state index is 0.361. The monoisotopic (exact) mass is 180 g/mol. The summed E-state index contributed by atoms with van der Waals surface area (Å²) in [6.07, 6.45) is 3.22. The van der Waals surface area contributed by atoms with Gasteiger partial charge in [0.25, 0.3) is 0 Å². The lowest BCUT2D eigenvalue weighted by atomic mass is 9.94. The third-order valence-corrected chi connectivity index (χ3v) is 2.52. The molecule has 1 amide bonds. The maximum absolute atomic E-state index is 11.3. The minimum Gasteiger partial charge on any atom is -0.467 e. The van der Waals surface area contributed by atoms with Gasteiger partial charge < -0.3 is 10.2 Å². The highest BCUT2D eigenvalue weighted by Gasteiger charge is 2.43. The lowest BCUT2D eigenvalue weighted by Gasteiger charge is -2.22. The van der Waals surface area contributed by atoms with Gasteiger partial charge >= 0.3 is 0 Å². The largest absolute Gasteiger partial charge is 0.467 e. The van der Waals surface area contributed by atoms with Crippen LogP contribution in [0.4, 0.5) is 0 Å². The van der Waals surface area contributed by atoms with E-state index in [9.17, 15) is 4.79 Å². The maximum atomic E-state index is 11.3. The van der Waals surface area contributed by atoms with Gasteiger partial charge in [-0.15, -0.1) is 0 Å². The van der Waals surface area contributed by atoms with Crippen LogP contribution in [0.2, 0.25) is 0 Å². The van der Waals surface area contributed by atoms with Crippen LogP contribution in [0.3, 0.4) is 0 Å². The molecule has 0 bridgehead atoms. The van der Waals surface area contributed by atoms with Crippen molar-refractivity contribution in [2.45, 2.75) is 18.4 Å². The van der Waals surface area contributed by atoms with Crippen molar-refractivity contribution in [3.63, 3.8) is 0 Å². The second-order valence-electron chi connectivity index (χ2n) is 3.28. The Morgan fingerprint density at radius 3 is 3.00 bits per heavy atom. The Hall–Kier alpha value is -1.29. The average Bonchev–Trinajstić information content (AvgIpc) is 2.75. The number of nitrogens with two attached hydrogens (primary N) is 1. The summed E-state index contributed by atoms with van der Waals surface area (Å²) in [5, 5.41) is 3.10. The molecule has 2 heterocycles. The molecule has 0 radical (unpaired) electrons. The molecule has 70 valence electrons. The van der Waals surface area contributed by atoms with Gasteiger partial charge in [-0.05, 0) is 31.5 Å². The van der Waals surface area contributed by atoms with Crippen LogP contribution in [-0.2, 0) is 10.3 Å². The summed E-state index contributed by atoms with van der Waals surface area (Å²) in [5.74, 6) is 0.262. The van der Waals surface area contributed by atoms with Gasteiger partial charge in [0.15, 0.2) is 5.54 Å². The highest BCUT2D eigenvalue weighted by Crippen LogP contribution is 2.30. The highest BCUT2D eigenvalue weighted by atomic mass is 16.3. The molecule has 1 aliphatic heterocycles. The van der Waals surface area contributed by atoms with Crippen molar-refractivity contribution in [1.82, 2.24) is 5.32 Å². The number of amides is 1. The zero-order chi connectivity index (χ0) is 9.31. The third-order valence-electron chi connectivity index (χ3n) is 2.52. The van der Waals surface area contributed by atoms with Gasteiger partial charge in [0.05, 0.1) is 6.26 Å². The van der Waals surface area contributed by atoms with Gasteiger partial charge in [0.1, 0.15) is 5.76 Å². The van der Waals surface area contributed by atoms with Crippen LogP contribution < -0.4 is 11.1 Å². The molecule has 1 aromatic rings. The Morgan fingerprint density at radius 2 is 2.54 bits per heavy atom. The molecule has 4 nitrogen and oxygen atoms in total. The van der Waals surface area contributed by atoms with Crippen molar-refractivity contribution in [3.05, 3.63) is 24.2 Å². The van der Waals surface area contributed by atoms with E-state index in [0.29, 0.717) is 5.76 Å². The number of primary amides is 1. The topological polar surface area (TPSA) is 68.3 Å². The molecule has 1 saturated heterocycles. The molecule has 1 unspecified atom stereocenters. The maximum Gasteiger partial charge on any atom is 0.245 e. The zero-order valence-electron chi connectivity index (χ0n) is 7.25. The number of hydrogen-bond donors (Lipinski definition) is 2. The molecule has 1 atom stereocenters. The van der Waals surface area contributed by atoms with E-state index in [2.05, 4.69) is 5.32 Å². The van der Waals surface area contributed by atoms with Gasteiger partial charge in [-0.1, -0.05) is 0 Å². The molecule has 1 aliphatic rings. The van der Waals surface area contributed by atoms with E-state index in [4.69, 9.17) is 10.2 Å².